The number of H-pyrrole nitrogens is 1. The fraction of sp³-hybridized carbons (Fsp3) is 0.333. The Labute approximate surface area is 73.3 Å². The molecule has 2 aromatic heterocycles. The number of aromatic nitrogens is 3. The molecule has 0 spiro atoms. The molecule has 0 aliphatic carbocycles. The average Bonchev–Trinajstić information content (AvgIpc) is 2.53. The first-order chi connectivity index (χ1) is 5.88. The van der Waals surface area contributed by atoms with Gasteiger partial charge in [-0.3, -0.25) is 10.1 Å². The number of pyridine rings is 1. The molecule has 2 aromatic rings. The second kappa shape index (κ2) is 3.85. The number of fused-ring (bicyclic) bond motifs is 1. The molecule has 0 bridgehead atoms. The highest BCUT2D eigenvalue weighted by Crippen LogP contribution is 2.11. The van der Waals surface area contributed by atoms with Crippen LogP contribution in [0.3, 0.4) is 0 Å². The van der Waals surface area contributed by atoms with Crippen molar-refractivity contribution in [3.63, 3.8) is 0 Å². The summed E-state index contributed by atoms with van der Waals surface area (Å²) in [6.07, 6.45) is 3.52. The van der Waals surface area contributed by atoms with Crippen molar-refractivity contribution < 1.29 is 1.43 Å². The van der Waals surface area contributed by atoms with Gasteiger partial charge in [0.25, 0.3) is 0 Å². The number of nitrogens with one attached hydrogen (secondary N) is 1. The van der Waals surface area contributed by atoms with E-state index in [1.54, 1.807) is 12.4 Å². The first-order valence-electron chi connectivity index (χ1n) is 4.12. The molecule has 1 N–H and O–H groups in total. The van der Waals surface area contributed by atoms with Crippen molar-refractivity contribution in [3.05, 3.63) is 24.2 Å². The zero-order valence-electron chi connectivity index (χ0n) is 7.63. The molecule has 3 heteroatoms. The van der Waals surface area contributed by atoms with Crippen molar-refractivity contribution in [2.75, 3.05) is 0 Å². The van der Waals surface area contributed by atoms with Crippen LogP contribution in [0.25, 0.3) is 10.9 Å². The maximum atomic E-state index is 4.03. The van der Waals surface area contributed by atoms with Gasteiger partial charge in [0.05, 0.1) is 6.20 Å². The summed E-state index contributed by atoms with van der Waals surface area (Å²) >= 11 is 0. The quantitative estimate of drug-likeness (QED) is 0.651. The number of hydrogen-bond acceptors (Lipinski definition) is 2. The van der Waals surface area contributed by atoms with Crippen molar-refractivity contribution in [2.45, 2.75) is 20.8 Å². The fourth-order valence-electron chi connectivity index (χ4n) is 0.997. The molecule has 3 nitrogen and oxygen atoms in total. The van der Waals surface area contributed by atoms with Crippen LogP contribution in [0.15, 0.2) is 18.5 Å². The zero-order chi connectivity index (χ0) is 8.97. The third kappa shape index (κ3) is 1.44. The van der Waals surface area contributed by atoms with E-state index >= 15 is 0 Å². The van der Waals surface area contributed by atoms with E-state index in [2.05, 4.69) is 15.2 Å². The Morgan fingerprint density at radius 1 is 1.42 bits per heavy atom. The van der Waals surface area contributed by atoms with Gasteiger partial charge in [-0.15, -0.1) is 0 Å². The van der Waals surface area contributed by atoms with Gasteiger partial charge in [-0.1, -0.05) is 13.8 Å². The smallest absolute Gasteiger partial charge is 0.111 e. The van der Waals surface area contributed by atoms with E-state index < -0.39 is 0 Å². The monoisotopic (exact) mass is 165 g/mol. The van der Waals surface area contributed by atoms with Crippen molar-refractivity contribution in [3.8, 4) is 0 Å². The molecule has 2 heterocycles. The predicted octanol–water partition coefficient (Wildman–Crippen LogP) is 2.54. The first-order valence-corrected chi connectivity index (χ1v) is 4.12. The molecule has 0 unspecified atom stereocenters. The van der Waals surface area contributed by atoms with Crippen LogP contribution in [0.2, 0.25) is 0 Å². The highest BCUT2D eigenvalue weighted by atomic mass is 15.1. The van der Waals surface area contributed by atoms with Crippen LogP contribution in [-0.4, -0.2) is 15.2 Å². The van der Waals surface area contributed by atoms with Crippen LogP contribution in [0, 0.1) is 6.92 Å². The number of nitrogens with zero attached hydrogens (tertiary/aromatic N) is 2. The van der Waals surface area contributed by atoms with Gasteiger partial charge in [-0.05, 0) is 13.0 Å². The Bertz CT molecular complexity index is 356. The van der Waals surface area contributed by atoms with E-state index in [9.17, 15) is 0 Å². The predicted molar refractivity (Wildman–Crippen MR) is 52.1 cm³/mol. The molecule has 0 aliphatic heterocycles. The summed E-state index contributed by atoms with van der Waals surface area (Å²) in [7, 11) is 0. The van der Waals surface area contributed by atoms with E-state index in [1.807, 2.05) is 26.8 Å². The number of rotatable bonds is 0. The molecule has 2 rings (SSSR count). The van der Waals surface area contributed by atoms with Crippen molar-refractivity contribution >= 4 is 10.9 Å². The molecular formula is C9H15N3. The molecule has 0 aliphatic rings. The SMILES string of the molecule is CC.Cc1[nH]nc2cnccc12.[HH]. The topological polar surface area (TPSA) is 41.6 Å². The molecular weight excluding hydrogens is 150 g/mol. The van der Waals surface area contributed by atoms with Crippen molar-refractivity contribution in [1.29, 1.82) is 0 Å². The highest BCUT2D eigenvalue weighted by Gasteiger charge is 1.97. The molecule has 66 valence electrons. The summed E-state index contributed by atoms with van der Waals surface area (Å²) in [5.41, 5.74) is 2.03. The lowest BCUT2D eigenvalue weighted by molar-refractivity contribution is 1.07. The lowest BCUT2D eigenvalue weighted by Gasteiger charge is -1.83. The summed E-state index contributed by atoms with van der Waals surface area (Å²) in [5.74, 6) is 0. The second-order valence-electron chi connectivity index (χ2n) is 2.24. The lowest BCUT2D eigenvalue weighted by Crippen LogP contribution is -1.70. The maximum absolute atomic E-state index is 4.03. The molecule has 0 fully saturated rings. The molecule has 12 heavy (non-hydrogen) atoms. The third-order valence-electron chi connectivity index (χ3n) is 1.55. The molecule has 0 radical (unpaired) electrons. The minimum atomic E-state index is 0. The molecule has 0 amide bonds. The first kappa shape index (κ1) is 8.71. The van der Waals surface area contributed by atoms with Gasteiger partial charge in [-0.2, -0.15) is 5.10 Å². The van der Waals surface area contributed by atoms with Gasteiger partial charge in [0, 0.05) is 18.7 Å². The lowest BCUT2D eigenvalue weighted by atomic mass is 10.3. The summed E-state index contributed by atoms with van der Waals surface area (Å²) in [6, 6.07) is 1.95. The zero-order valence-corrected chi connectivity index (χ0v) is 7.63. The average molecular weight is 165 g/mol. The molecule has 0 aromatic carbocycles. The number of aromatic amines is 1. The maximum Gasteiger partial charge on any atom is 0.111 e. The summed E-state index contributed by atoms with van der Waals surface area (Å²) in [5, 5.41) is 8.07. The van der Waals surface area contributed by atoms with E-state index in [0.717, 1.165) is 16.6 Å². The van der Waals surface area contributed by atoms with Crippen LogP contribution >= 0.6 is 0 Å². The second-order valence-corrected chi connectivity index (χ2v) is 2.24. The summed E-state index contributed by atoms with van der Waals surface area (Å²) < 4.78 is 0. The van der Waals surface area contributed by atoms with Crippen molar-refractivity contribution in [2.24, 2.45) is 0 Å². The number of aryl methyl sites for hydroxylation is 1. The van der Waals surface area contributed by atoms with E-state index in [-0.39, 0.29) is 1.43 Å². The Balaban J connectivity index is 0.000000451. The van der Waals surface area contributed by atoms with Gasteiger partial charge in [0.2, 0.25) is 0 Å². The normalized spacial score (nSPS) is 9.25. The molecule has 0 atom stereocenters. The Morgan fingerprint density at radius 2 is 2.17 bits per heavy atom. The Hall–Kier alpha value is -1.38. The Morgan fingerprint density at radius 3 is 2.83 bits per heavy atom. The molecule has 0 saturated heterocycles. The largest absolute Gasteiger partial charge is 0.282 e. The van der Waals surface area contributed by atoms with Crippen LogP contribution in [0.5, 0.6) is 0 Å². The van der Waals surface area contributed by atoms with Gasteiger partial charge in [0.15, 0.2) is 0 Å². The van der Waals surface area contributed by atoms with Crippen LogP contribution < -0.4 is 0 Å². The number of hydrogen-bond donors (Lipinski definition) is 1. The summed E-state index contributed by atoms with van der Waals surface area (Å²) in [4.78, 5) is 3.94. The van der Waals surface area contributed by atoms with Crippen LogP contribution in [0.1, 0.15) is 21.0 Å². The van der Waals surface area contributed by atoms with Crippen LogP contribution in [-0.2, 0) is 0 Å². The highest BCUT2D eigenvalue weighted by molar-refractivity contribution is 5.79. The minimum absolute atomic E-state index is 0. The summed E-state index contributed by atoms with van der Waals surface area (Å²) in [6.45, 7) is 6.00. The fourth-order valence-corrected chi connectivity index (χ4v) is 0.997. The Kier molecular flexibility index (Phi) is 2.80. The van der Waals surface area contributed by atoms with Crippen molar-refractivity contribution in [1.82, 2.24) is 15.2 Å². The van der Waals surface area contributed by atoms with Gasteiger partial charge < -0.3 is 0 Å². The standard InChI is InChI=1S/C7H7N3.C2H6.H2/c1-5-6-2-3-8-4-7(6)10-9-5;1-2;/h2-4H,1H3,(H,9,10);1-2H3;1H. The van der Waals surface area contributed by atoms with Gasteiger partial charge >= 0.3 is 0 Å². The van der Waals surface area contributed by atoms with E-state index in [0.29, 0.717) is 0 Å². The van der Waals surface area contributed by atoms with Crippen LogP contribution in [0.4, 0.5) is 0 Å². The minimum Gasteiger partial charge on any atom is -0.282 e. The molecule has 0 saturated carbocycles. The van der Waals surface area contributed by atoms with E-state index in [1.165, 1.54) is 0 Å². The van der Waals surface area contributed by atoms with Gasteiger partial charge in [0.1, 0.15) is 5.52 Å². The van der Waals surface area contributed by atoms with Gasteiger partial charge in [-0.25, -0.2) is 0 Å². The third-order valence-corrected chi connectivity index (χ3v) is 1.55. The van der Waals surface area contributed by atoms with E-state index in [4.69, 9.17) is 0 Å².